The van der Waals surface area contributed by atoms with Crippen LogP contribution in [0.25, 0.3) is 0 Å². The number of thiophene rings is 1. The van der Waals surface area contributed by atoms with Gasteiger partial charge in [0, 0.05) is 5.69 Å². The Morgan fingerprint density at radius 1 is 1.16 bits per heavy atom. The minimum atomic E-state index is -0.300. The third-order valence-electron chi connectivity index (χ3n) is 3.41. The van der Waals surface area contributed by atoms with Crippen LogP contribution < -0.4 is 5.32 Å². The highest BCUT2D eigenvalue weighted by molar-refractivity contribution is 7.12. The first kappa shape index (κ1) is 12.4. The van der Waals surface area contributed by atoms with Crippen LogP contribution in [-0.4, -0.2) is 5.91 Å². The molecule has 0 unspecified atom stereocenters. The van der Waals surface area contributed by atoms with E-state index in [2.05, 4.69) is 10.7 Å². The van der Waals surface area contributed by atoms with Crippen molar-refractivity contribution in [2.24, 2.45) is 0 Å². The summed E-state index contributed by atoms with van der Waals surface area (Å²) in [5.74, 6) is -0.383. The van der Waals surface area contributed by atoms with Gasteiger partial charge in [-0.3, -0.25) is 4.79 Å². The van der Waals surface area contributed by atoms with Crippen molar-refractivity contribution in [3.8, 4) is 0 Å². The first-order valence-electron chi connectivity index (χ1n) is 6.40. The molecule has 1 aliphatic rings. The standard InChI is InChI=1S/C15H14FNOS/c16-11-5-7-12(8-6-11)17-15(18)14-13-4-2-1-3-10(13)9-19-14/h5-9H,1-4H2,(H,17,18). The van der Waals surface area contributed by atoms with Gasteiger partial charge in [0.15, 0.2) is 0 Å². The molecule has 2 nitrogen and oxygen atoms in total. The lowest BCUT2D eigenvalue weighted by Crippen LogP contribution is -2.13. The van der Waals surface area contributed by atoms with Crippen molar-refractivity contribution in [3.05, 3.63) is 51.5 Å². The van der Waals surface area contributed by atoms with Crippen molar-refractivity contribution in [1.82, 2.24) is 0 Å². The predicted molar refractivity (Wildman–Crippen MR) is 75.3 cm³/mol. The molecule has 0 aliphatic heterocycles. The minimum absolute atomic E-state index is 0.0836. The molecule has 1 aromatic heterocycles. The Labute approximate surface area is 115 Å². The zero-order valence-corrected chi connectivity index (χ0v) is 11.2. The fourth-order valence-electron chi connectivity index (χ4n) is 2.43. The van der Waals surface area contributed by atoms with Crippen molar-refractivity contribution in [2.45, 2.75) is 25.7 Å². The molecule has 2 aromatic rings. The molecule has 98 valence electrons. The summed E-state index contributed by atoms with van der Waals surface area (Å²) < 4.78 is 12.8. The van der Waals surface area contributed by atoms with Crippen molar-refractivity contribution < 1.29 is 9.18 Å². The number of anilines is 1. The Kier molecular flexibility index (Phi) is 3.34. The molecule has 19 heavy (non-hydrogen) atoms. The number of carbonyl (C=O) groups is 1. The quantitative estimate of drug-likeness (QED) is 0.881. The maximum atomic E-state index is 12.8. The number of benzene rings is 1. The second kappa shape index (κ2) is 5.13. The molecule has 3 rings (SSSR count). The van der Waals surface area contributed by atoms with Gasteiger partial charge in [0.05, 0.1) is 4.88 Å². The van der Waals surface area contributed by atoms with Gasteiger partial charge in [-0.15, -0.1) is 11.3 Å². The van der Waals surface area contributed by atoms with Crippen LogP contribution >= 0.6 is 11.3 Å². The maximum absolute atomic E-state index is 12.8. The number of hydrogen-bond donors (Lipinski definition) is 1. The smallest absolute Gasteiger partial charge is 0.266 e. The van der Waals surface area contributed by atoms with Crippen LogP contribution in [0.4, 0.5) is 10.1 Å². The van der Waals surface area contributed by atoms with Gasteiger partial charge in [0.2, 0.25) is 0 Å². The molecule has 0 radical (unpaired) electrons. The number of amides is 1. The molecule has 0 saturated heterocycles. The lowest BCUT2D eigenvalue weighted by atomic mass is 9.94. The van der Waals surface area contributed by atoms with Crippen LogP contribution in [0.5, 0.6) is 0 Å². The van der Waals surface area contributed by atoms with Crippen LogP contribution in [0.3, 0.4) is 0 Å². The SMILES string of the molecule is O=C(Nc1ccc(F)cc1)c1scc2c1CCCC2. The maximum Gasteiger partial charge on any atom is 0.266 e. The van der Waals surface area contributed by atoms with E-state index in [1.54, 1.807) is 12.1 Å². The minimum Gasteiger partial charge on any atom is -0.321 e. The zero-order valence-electron chi connectivity index (χ0n) is 10.4. The molecular formula is C15H14FNOS. The predicted octanol–water partition coefficient (Wildman–Crippen LogP) is 4.02. The summed E-state index contributed by atoms with van der Waals surface area (Å²) in [6, 6.07) is 5.85. The van der Waals surface area contributed by atoms with Gasteiger partial charge in [0.25, 0.3) is 5.91 Å². The van der Waals surface area contributed by atoms with Crippen LogP contribution in [0.2, 0.25) is 0 Å². The van der Waals surface area contributed by atoms with Gasteiger partial charge in [-0.25, -0.2) is 4.39 Å². The average Bonchev–Trinajstić information content (AvgIpc) is 2.85. The summed E-state index contributed by atoms with van der Waals surface area (Å²) in [7, 11) is 0. The summed E-state index contributed by atoms with van der Waals surface area (Å²) in [4.78, 5) is 13.0. The lowest BCUT2D eigenvalue weighted by molar-refractivity contribution is 0.102. The Balaban J connectivity index is 1.80. The number of nitrogens with one attached hydrogen (secondary N) is 1. The third kappa shape index (κ3) is 2.54. The third-order valence-corrected chi connectivity index (χ3v) is 4.48. The molecule has 0 atom stereocenters. The normalized spacial score (nSPS) is 13.9. The summed E-state index contributed by atoms with van der Waals surface area (Å²) >= 11 is 1.51. The van der Waals surface area contributed by atoms with Gasteiger partial charge in [-0.1, -0.05) is 0 Å². The fourth-order valence-corrected chi connectivity index (χ4v) is 3.48. The van der Waals surface area contributed by atoms with E-state index in [9.17, 15) is 9.18 Å². The molecule has 0 spiro atoms. The van der Waals surface area contributed by atoms with E-state index < -0.39 is 0 Å². The van der Waals surface area contributed by atoms with Gasteiger partial charge in [-0.2, -0.15) is 0 Å². The van der Waals surface area contributed by atoms with Crippen LogP contribution in [0.15, 0.2) is 29.6 Å². The van der Waals surface area contributed by atoms with E-state index in [1.165, 1.54) is 41.0 Å². The number of halogens is 1. The molecule has 4 heteroatoms. The van der Waals surface area contributed by atoms with Crippen LogP contribution in [-0.2, 0) is 12.8 Å². The van der Waals surface area contributed by atoms with Crippen LogP contribution in [0.1, 0.15) is 33.6 Å². The van der Waals surface area contributed by atoms with E-state index in [-0.39, 0.29) is 11.7 Å². The molecule has 1 aromatic carbocycles. The highest BCUT2D eigenvalue weighted by atomic mass is 32.1. The van der Waals surface area contributed by atoms with Gasteiger partial charge in [0.1, 0.15) is 5.82 Å². The van der Waals surface area contributed by atoms with Gasteiger partial charge in [-0.05, 0) is 66.5 Å². The van der Waals surface area contributed by atoms with Gasteiger partial charge < -0.3 is 5.32 Å². The fraction of sp³-hybridized carbons (Fsp3) is 0.267. The lowest BCUT2D eigenvalue weighted by Gasteiger charge is -2.12. The van der Waals surface area contributed by atoms with Gasteiger partial charge >= 0.3 is 0 Å². The van der Waals surface area contributed by atoms with E-state index >= 15 is 0 Å². The number of fused-ring (bicyclic) bond motifs is 1. The molecule has 0 bridgehead atoms. The summed E-state index contributed by atoms with van der Waals surface area (Å²) in [5.41, 5.74) is 3.15. The summed E-state index contributed by atoms with van der Waals surface area (Å²) in [6.45, 7) is 0. The van der Waals surface area contributed by atoms with Crippen molar-refractivity contribution in [3.63, 3.8) is 0 Å². The molecule has 1 amide bonds. The largest absolute Gasteiger partial charge is 0.321 e. The first-order valence-corrected chi connectivity index (χ1v) is 7.28. The van der Waals surface area contributed by atoms with E-state index in [0.717, 1.165) is 24.1 Å². The highest BCUT2D eigenvalue weighted by Gasteiger charge is 2.20. The Morgan fingerprint density at radius 3 is 2.68 bits per heavy atom. The van der Waals surface area contributed by atoms with Crippen molar-refractivity contribution in [1.29, 1.82) is 0 Å². The molecule has 0 saturated carbocycles. The molecule has 1 aliphatic carbocycles. The van der Waals surface area contributed by atoms with E-state index in [1.807, 2.05) is 0 Å². The zero-order chi connectivity index (χ0) is 13.2. The molecule has 1 heterocycles. The topological polar surface area (TPSA) is 29.1 Å². The van der Waals surface area contributed by atoms with Crippen LogP contribution in [0, 0.1) is 5.82 Å². The Bertz CT molecular complexity index is 603. The monoisotopic (exact) mass is 275 g/mol. The average molecular weight is 275 g/mol. The first-order chi connectivity index (χ1) is 9.24. The second-order valence-corrected chi connectivity index (χ2v) is 5.62. The van der Waals surface area contributed by atoms with Crippen molar-refractivity contribution in [2.75, 3.05) is 5.32 Å². The Morgan fingerprint density at radius 2 is 1.89 bits per heavy atom. The summed E-state index contributed by atoms with van der Waals surface area (Å²) in [6.07, 6.45) is 4.43. The molecular weight excluding hydrogens is 261 g/mol. The van der Waals surface area contributed by atoms with Crippen molar-refractivity contribution >= 4 is 22.9 Å². The van der Waals surface area contributed by atoms with E-state index in [4.69, 9.17) is 0 Å². The molecule has 0 fully saturated rings. The number of rotatable bonds is 2. The van der Waals surface area contributed by atoms with E-state index in [0.29, 0.717) is 5.69 Å². The number of hydrogen-bond acceptors (Lipinski definition) is 2. The number of carbonyl (C=O) groups excluding carboxylic acids is 1. The second-order valence-electron chi connectivity index (χ2n) is 4.74. The Hall–Kier alpha value is -1.68. The summed E-state index contributed by atoms with van der Waals surface area (Å²) in [5, 5.41) is 4.92. The highest BCUT2D eigenvalue weighted by Crippen LogP contribution is 2.30. The number of aryl methyl sites for hydroxylation is 1. The molecule has 1 N–H and O–H groups in total.